The number of carbonyl (C=O) groups excluding carboxylic acids is 1. The van der Waals surface area contributed by atoms with Gasteiger partial charge in [-0.1, -0.05) is 47.7 Å². The molecule has 0 saturated heterocycles. The molecule has 0 atom stereocenters. The maximum atomic E-state index is 12.0. The van der Waals surface area contributed by atoms with Crippen LogP contribution in [0.2, 0.25) is 0 Å². The van der Waals surface area contributed by atoms with E-state index in [9.17, 15) is 13.2 Å². The maximum absolute atomic E-state index is 12.0. The minimum absolute atomic E-state index is 0.0173. The summed E-state index contributed by atoms with van der Waals surface area (Å²) in [6.07, 6.45) is 0. The molecule has 0 aliphatic carbocycles. The molecule has 0 aliphatic rings. The van der Waals surface area contributed by atoms with Crippen molar-refractivity contribution in [3.63, 3.8) is 0 Å². The monoisotopic (exact) mass is 386 g/mol. The minimum Gasteiger partial charge on any atom is -0.481 e. The number of hydrogen-bond acceptors (Lipinski definition) is 4. The number of amides is 1. The average Bonchev–Trinajstić information content (AvgIpc) is 2.57. The summed E-state index contributed by atoms with van der Waals surface area (Å²) < 4.78 is 32.0. The molecule has 2 N–H and O–H groups in total. The van der Waals surface area contributed by atoms with E-state index in [0.717, 1.165) is 11.1 Å². The van der Waals surface area contributed by atoms with Crippen molar-refractivity contribution >= 4 is 21.6 Å². The highest BCUT2D eigenvalue weighted by Gasteiger charge is 2.10. The first kappa shape index (κ1) is 20.5. The van der Waals surface area contributed by atoms with Crippen LogP contribution in [0.4, 0.5) is 5.69 Å². The maximum Gasteiger partial charge on any atom is 0.221 e. The van der Waals surface area contributed by atoms with Gasteiger partial charge in [0.15, 0.2) is 0 Å². The Morgan fingerprint density at radius 2 is 1.89 bits per heavy atom. The fourth-order valence-electron chi connectivity index (χ4n) is 2.32. The van der Waals surface area contributed by atoms with Crippen molar-refractivity contribution in [2.75, 3.05) is 18.5 Å². The van der Waals surface area contributed by atoms with Gasteiger partial charge in [-0.2, -0.15) is 0 Å². The van der Waals surface area contributed by atoms with E-state index in [4.69, 9.17) is 4.74 Å². The second kappa shape index (κ2) is 9.76. The number of aryl methyl sites for hydroxylation is 1. The zero-order valence-electron chi connectivity index (χ0n) is 15.3. The van der Waals surface area contributed by atoms with Crippen LogP contribution in [0.15, 0.2) is 48.5 Å². The van der Waals surface area contributed by atoms with Gasteiger partial charge in [0, 0.05) is 18.7 Å². The molecular weight excluding hydrogens is 364 g/mol. The minimum atomic E-state index is -3.44. The molecule has 2 aromatic rings. The Morgan fingerprint density at radius 3 is 2.63 bits per heavy atom. The van der Waals surface area contributed by atoms with Gasteiger partial charge in [0.25, 0.3) is 0 Å². The molecule has 0 spiro atoms. The van der Waals surface area contributed by atoms with E-state index in [2.05, 4.69) is 21.9 Å². The first-order valence-corrected chi connectivity index (χ1v) is 9.98. The third-order valence-corrected chi connectivity index (χ3v) is 4.71. The Morgan fingerprint density at radius 1 is 1.11 bits per heavy atom. The Balaban J connectivity index is 1.78. The molecule has 142 valence electrons. The average molecular weight is 386 g/mol. The van der Waals surface area contributed by atoms with Gasteiger partial charge in [0.1, 0.15) is 12.4 Å². The van der Waals surface area contributed by atoms with Crippen LogP contribution in [0.25, 0.3) is 0 Å². The van der Waals surface area contributed by atoms with Crippen LogP contribution >= 0.6 is 0 Å². The number of hydrogen-bond donors (Lipinski definition) is 2. The standard InChI is InChI=1S/C20H22N2O4S/c1-16-7-5-8-18(13-16)15-27(24,25)21-11-3-4-12-26-20-10-6-9-19(14-20)22-17(2)23/h5-10,13-14,21H,11-12,15H2,1-2H3,(H,22,23). The molecule has 0 aliphatic heterocycles. The first-order chi connectivity index (χ1) is 12.8. The predicted molar refractivity (Wildman–Crippen MR) is 106 cm³/mol. The zero-order valence-corrected chi connectivity index (χ0v) is 16.1. The van der Waals surface area contributed by atoms with Crippen LogP contribution < -0.4 is 14.8 Å². The van der Waals surface area contributed by atoms with Gasteiger partial charge in [0.2, 0.25) is 15.9 Å². The fourth-order valence-corrected chi connectivity index (χ4v) is 3.33. The number of anilines is 1. The number of nitrogens with one attached hydrogen (secondary N) is 2. The largest absolute Gasteiger partial charge is 0.481 e. The molecule has 0 fully saturated rings. The predicted octanol–water partition coefficient (Wildman–Crippen LogP) is 2.46. The molecule has 0 radical (unpaired) electrons. The van der Waals surface area contributed by atoms with E-state index >= 15 is 0 Å². The number of benzene rings is 2. The number of carbonyl (C=O) groups is 1. The van der Waals surface area contributed by atoms with E-state index < -0.39 is 10.0 Å². The fraction of sp³-hybridized carbons (Fsp3) is 0.250. The molecule has 0 aromatic heterocycles. The Hall–Kier alpha value is -2.82. The second-order valence-corrected chi connectivity index (χ2v) is 7.73. The second-order valence-electron chi connectivity index (χ2n) is 5.92. The molecule has 6 nitrogen and oxygen atoms in total. The van der Waals surface area contributed by atoms with Crippen LogP contribution in [0.5, 0.6) is 5.75 Å². The Labute approximate surface area is 160 Å². The van der Waals surface area contributed by atoms with Crippen molar-refractivity contribution in [2.45, 2.75) is 19.6 Å². The van der Waals surface area contributed by atoms with Crippen LogP contribution in [-0.4, -0.2) is 27.5 Å². The van der Waals surface area contributed by atoms with Gasteiger partial charge in [0.05, 0.1) is 12.3 Å². The summed E-state index contributed by atoms with van der Waals surface area (Å²) in [6, 6.07) is 14.3. The van der Waals surface area contributed by atoms with Gasteiger partial charge in [-0.15, -0.1) is 0 Å². The molecule has 2 rings (SSSR count). The summed E-state index contributed by atoms with van der Waals surface area (Å²) in [7, 11) is -3.44. The van der Waals surface area contributed by atoms with Gasteiger partial charge in [-0.3, -0.25) is 4.79 Å². The molecule has 0 bridgehead atoms. The summed E-state index contributed by atoms with van der Waals surface area (Å²) in [5.74, 6) is 5.80. The molecule has 1 amide bonds. The van der Waals surface area contributed by atoms with Crippen molar-refractivity contribution in [3.8, 4) is 17.6 Å². The normalized spacial score (nSPS) is 10.6. The third-order valence-electron chi connectivity index (χ3n) is 3.41. The SMILES string of the molecule is CC(=O)Nc1cccc(OCC#CCNS(=O)(=O)Cc2cccc(C)c2)c1. The quantitative estimate of drug-likeness (QED) is 0.716. The van der Waals surface area contributed by atoms with Gasteiger partial charge < -0.3 is 10.1 Å². The topological polar surface area (TPSA) is 84.5 Å². The van der Waals surface area contributed by atoms with Crippen molar-refractivity contribution in [3.05, 3.63) is 59.7 Å². The lowest BCUT2D eigenvalue weighted by atomic mass is 10.2. The Bertz CT molecular complexity index is 959. The first-order valence-electron chi connectivity index (χ1n) is 8.33. The van der Waals surface area contributed by atoms with Crippen LogP contribution in [0, 0.1) is 18.8 Å². The van der Waals surface area contributed by atoms with E-state index in [1.54, 1.807) is 30.3 Å². The van der Waals surface area contributed by atoms with Gasteiger partial charge in [-0.05, 0) is 24.6 Å². The van der Waals surface area contributed by atoms with Crippen LogP contribution in [0.1, 0.15) is 18.1 Å². The van der Waals surface area contributed by atoms with Gasteiger partial charge in [-0.25, -0.2) is 13.1 Å². The number of ether oxygens (including phenoxy) is 1. The third kappa shape index (κ3) is 7.94. The van der Waals surface area contributed by atoms with E-state index in [-0.39, 0.29) is 24.8 Å². The lowest BCUT2D eigenvalue weighted by Gasteiger charge is -2.06. The summed E-state index contributed by atoms with van der Waals surface area (Å²) in [6.45, 7) is 3.48. The smallest absolute Gasteiger partial charge is 0.221 e. The lowest BCUT2D eigenvalue weighted by molar-refractivity contribution is -0.114. The Kier molecular flexibility index (Phi) is 7.41. The van der Waals surface area contributed by atoms with Crippen molar-refractivity contribution < 1.29 is 17.9 Å². The molecule has 27 heavy (non-hydrogen) atoms. The van der Waals surface area contributed by atoms with Crippen molar-refractivity contribution in [1.82, 2.24) is 4.72 Å². The van der Waals surface area contributed by atoms with Gasteiger partial charge >= 0.3 is 0 Å². The zero-order chi connectivity index (χ0) is 19.7. The lowest BCUT2D eigenvalue weighted by Crippen LogP contribution is -2.25. The number of rotatable bonds is 7. The number of sulfonamides is 1. The summed E-state index contributed by atoms with van der Waals surface area (Å²) in [5.41, 5.74) is 2.39. The van der Waals surface area contributed by atoms with Crippen molar-refractivity contribution in [1.29, 1.82) is 0 Å². The summed E-state index contributed by atoms with van der Waals surface area (Å²) in [5, 5.41) is 2.66. The van der Waals surface area contributed by atoms with Crippen LogP contribution in [-0.2, 0) is 20.6 Å². The highest BCUT2D eigenvalue weighted by Crippen LogP contribution is 2.17. The van der Waals surface area contributed by atoms with E-state index in [0.29, 0.717) is 11.4 Å². The summed E-state index contributed by atoms with van der Waals surface area (Å²) in [4.78, 5) is 11.0. The molecule has 7 heteroatoms. The molecule has 0 heterocycles. The molecule has 0 unspecified atom stereocenters. The summed E-state index contributed by atoms with van der Waals surface area (Å²) >= 11 is 0. The molecular formula is C20H22N2O4S. The molecule has 0 saturated carbocycles. The highest BCUT2D eigenvalue weighted by atomic mass is 32.2. The van der Waals surface area contributed by atoms with Crippen molar-refractivity contribution in [2.24, 2.45) is 0 Å². The highest BCUT2D eigenvalue weighted by molar-refractivity contribution is 7.88. The van der Waals surface area contributed by atoms with E-state index in [1.807, 2.05) is 25.1 Å². The van der Waals surface area contributed by atoms with E-state index in [1.165, 1.54) is 6.92 Å². The van der Waals surface area contributed by atoms with Crippen LogP contribution in [0.3, 0.4) is 0 Å². The molecule has 2 aromatic carbocycles.